The van der Waals surface area contributed by atoms with E-state index in [1.807, 2.05) is 20.8 Å². The summed E-state index contributed by atoms with van der Waals surface area (Å²) in [6.45, 7) is 5.87. The Kier molecular flexibility index (Phi) is 4.52. The summed E-state index contributed by atoms with van der Waals surface area (Å²) in [6, 6.07) is 3.04. The molecule has 0 fully saturated rings. The van der Waals surface area contributed by atoms with Crippen molar-refractivity contribution in [3.8, 4) is 0 Å². The summed E-state index contributed by atoms with van der Waals surface area (Å²) in [5, 5.41) is 7.90. The van der Waals surface area contributed by atoms with Gasteiger partial charge in [0, 0.05) is 10.4 Å². The van der Waals surface area contributed by atoms with E-state index in [0.29, 0.717) is 4.88 Å². The molecule has 0 radical (unpaired) electrons. The Morgan fingerprint density at radius 1 is 1.44 bits per heavy atom. The highest BCUT2D eigenvalue weighted by Crippen LogP contribution is 2.21. The van der Waals surface area contributed by atoms with Crippen molar-refractivity contribution in [2.24, 2.45) is 5.14 Å². The van der Waals surface area contributed by atoms with Crippen LogP contribution in [0.3, 0.4) is 0 Å². The Morgan fingerprint density at radius 3 is 2.50 bits per heavy atom. The number of carbonyl (C=O) groups is 1. The minimum Gasteiger partial charge on any atom is -0.351 e. The molecule has 1 aromatic heterocycles. The monoisotopic (exact) mass is 290 g/mol. The summed E-state index contributed by atoms with van der Waals surface area (Å²) < 4.78 is 22.3. The van der Waals surface area contributed by atoms with E-state index in [-0.39, 0.29) is 22.1 Å². The standard InChI is InChI=1S/C11H18N2O3S2/c1-4-11(2,3)13-9(14)7-8-5-6-10(17-8)18(12,15)16/h5-6H,4,7H2,1-3H3,(H,13,14)(H2,12,15,16). The predicted molar refractivity (Wildman–Crippen MR) is 71.9 cm³/mol. The molecule has 18 heavy (non-hydrogen) atoms. The fraction of sp³-hybridized carbons (Fsp3) is 0.545. The molecule has 1 heterocycles. The summed E-state index contributed by atoms with van der Waals surface area (Å²) >= 11 is 1.03. The Hall–Kier alpha value is -0.920. The quantitative estimate of drug-likeness (QED) is 0.855. The SMILES string of the molecule is CCC(C)(C)NC(=O)Cc1ccc(S(N)(=O)=O)s1. The van der Waals surface area contributed by atoms with Gasteiger partial charge in [-0.2, -0.15) is 0 Å². The summed E-state index contributed by atoms with van der Waals surface area (Å²) in [7, 11) is -3.67. The molecule has 102 valence electrons. The lowest BCUT2D eigenvalue weighted by atomic mass is 10.0. The van der Waals surface area contributed by atoms with Crippen LogP contribution in [0.15, 0.2) is 16.3 Å². The van der Waals surface area contributed by atoms with Gasteiger partial charge in [0.1, 0.15) is 4.21 Å². The number of thiophene rings is 1. The molecular weight excluding hydrogens is 272 g/mol. The number of rotatable bonds is 5. The van der Waals surface area contributed by atoms with Gasteiger partial charge in [-0.15, -0.1) is 11.3 Å². The van der Waals surface area contributed by atoms with Crippen molar-refractivity contribution in [3.05, 3.63) is 17.0 Å². The van der Waals surface area contributed by atoms with Crippen LogP contribution in [0.4, 0.5) is 0 Å². The summed E-state index contributed by atoms with van der Waals surface area (Å²) in [6.07, 6.45) is 0.995. The molecule has 3 N–H and O–H groups in total. The van der Waals surface area contributed by atoms with Gasteiger partial charge >= 0.3 is 0 Å². The maximum Gasteiger partial charge on any atom is 0.247 e. The second kappa shape index (κ2) is 5.38. The van der Waals surface area contributed by atoms with Gasteiger partial charge in [-0.05, 0) is 32.4 Å². The van der Waals surface area contributed by atoms with Gasteiger partial charge < -0.3 is 5.32 Å². The molecule has 0 atom stereocenters. The van der Waals surface area contributed by atoms with Crippen LogP contribution >= 0.6 is 11.3 Å². The number of carbonyl (C=O) groups excluding carboxylic acids is 1. The largest absolute Gasteiger partial charge is 0.351 e. The van der Waals surface area contributed by atoms with Gasteiger partial charge in [0.2, 0.25) is 15.9 Å². The van der Waals surface area contributed by atoms with E-state index in [1.165, 1.54) is 6.07 Å². The third-order valence-corrected chi connectivity index (χ3v) is 5.14. The van der Waals surface area contributed by atoms with Crippen molar-refractivity contribution in [1.82, 2.24) is 5.32 Å². The van der Waals surface area contributed by atoms with Gasteiger partial charge in [0.15, 0.2) is 0 Å². The molecule has 0 spiro atoms. The summed E-state index contributed by atoms with van der Waals surface area (Å²) in [5.74, 6) is -0.121. The van der Waals surface area contributed by atoms with Gasteiger partial charge in [-0.25, -0.2) is 13.6 Å². The molecule has 0 aliphatic heterocycles. The maximum absolute atomic E-state index is 11.8. The van der Waals surface area contributed by atoms with Crippen LogP contribution in [0, 0.1) is 0 Å². The van der Waals surface area contributed by atoms with Crippen LogP contribution in [0.1, 0.15) is 32.1 Å². The van der Waals surface area contributed by atoms with Crippen LogP contribution in [-0.4, -0.2) is 19.9 Å². The first-order valence-electron chi connectivity index (χ1n) is 5.56. The van der Waals surface area contributed by atoms with Crippen molar-refractivity contribution in [1.29, 1.82) is 0 Å². The first-order chi connectivity index (χ1) is 8.14. The van der Waals surface area contributed by atoms with E-state index in [0.717, 1.165) is 17.8 Å². The van der Waals surface area contributed by atoms with E-state index < -0.39 is 10.0 Å². The molecule has 0 unspecified atom stereocenters. The fourth-order valence-corrected chi connectivity index (χ4v) is 3.05. The Morgan fingerprint density at radius 2 is 2.06 bits per heavy atom. The molecule has 7 heteroatoms. The first-order valence-corrected chi connectivity index (χ1v) is 7.93. The normalized spacial score (nSPS) is 12.4. The van der Waals surface area contributed by atoms with Crippen LogP contribution in [0.2, 0.25) is 0 Å². The van der Waals surface area contributed by atoms with Crippen molar-refractivity contribution in [3.63, 3.8) is 0 Å². The second-order valence-corrected chi connectivity index (χ2v) is 7.68. The van der Waals surface area contributed by atoms with Crippen LogP contribution in [0.25, 0.3) is 0 Å². The molecule has 5 nitrogen and oxygen atoms in total. The Bertz CT molecular complexity index is 532. The van der Waals surface area contributed by atoms with Gasteiger partial charge in [0.05, 0.1) is 6.42 Å². The third-order valence-electron chi connectivity index (χ3n) is 2.61. The lowest BCUT2D eigenvalue weighted by Crippen LogP contribution is -2.43. The number of sulfonamides is 1. The highest BCUT2D eigenvalue weighted by molar-refractivity contribution is 7.91. The Balaban J connectivity index is 2.69. The number of nitrogens with two attached hydrogens (primary N) is 1. The lowest BCUT2D eigenvalue weighted by Gasteiger charge is -2.24. The molecule has 0 aliphatic carbocycles. The molecule has 1 rings (SSSR count). The van der Waals surface area contributed by atoms with Crippen molar-refractivity contribution in [2.75, 3.05) is 0 Å². The number of hydrogen-bond donors (Lipinski definition) is 2. The van der Waals surface area contributed by atoms with Crippen molar-refractivity contribution >= 4 is 27.3 Å². The highest BCUT2D eigenvalue weighted by atomic mass is 32.2. The highest BCUT2D eigenvalue weighted by Gasteiger charge is 2.19. The molecule has 1 aromatic rings. The lowest BCUT2D eigenvalue weighted by molar-refractivity contribution is -0.122. The average molecular weight is 290 g/mol. The zero-order valence-corrected chi connectivity index (χ0v) is 12.3. The third kappa shape index (κ3) is 4.40. The minimum absolute atomic E-state index is 0.0834. The van der Waals surface area contributed by atoms with E-state index in [9.17, 15) is 13.2 Å². The zero-order chi connectivity index (χ0) is 14.0. The smallest absolute Gasteiger partial charge is 0.247 e. The fourth-order valence-electron chi connectivity index (χ4n) is 1.27. The molecule has 0 saturated heterocycles. The topological polar surface area (TPSA) is 89.3 Å². The Labute approximate surface area is 111 Å². The maximum atomic E-state index is 11.8. The van der Waals surface area contributed by atoms with E-state index in [4.69, 9.17) is 5.14 Å². The average Bonchev–Trinajstić information content (AvgIpc) is 2.64. The molecule has 0 aliphatic rings. The number of primary sulfonamides is 1. The van der Waals surface area contributed by atoms with E-state index >= 15 is 0 Å². The summed E-state index contributed by atoms with van der Waals surface area (Å²) in [4.78, 5) is 12.4. The van der Waals surface area contributed by atoms with Crippen molar-refractivity contribution < 1.29 is 13.2 Å². The predicted octanol–water partition coefficient (Wildman–Crippen LogP) is 1.24. The van der Waals surface area contributed by atoms with Crippen LogP contribution in [0.5, 0.6) is 0 Å². The zero-order valence-electron chi connectivity index (χ0n) is 10.7. The van der Waals surface area contributed by atoms with Gasteiger partial charge in [0.25, 0.3) is 0 Å². The molecule has 0 aromatic carbocycles. The number of hydrogen-bond acceptors (Lipinski definition) is 4. The second-order valence-electron chi connectivity index (χ2n) is 4.73. The minimum atomic E-state index is -3.67. The molecular formula is C11H18N2O3S2. The van der Waals surface area contributed by atoms with Crippen LogP contribution in [-0.2, 0) is 21.2 Å². The number of amides is 1. The van der Waals surface area contributed by atoms with Gasteiger partial charge in [-0.1, -0.05) is 6.92 Å². The van der Waals surface area contributed by atoms with E-state index in [1.54, 1.807) is 6.07 Å². The van der Waals surface area contributed by atoms with Crippen molar-refractivity contribution in [2.45, 2.75) is 43.4 Å². The molecule has 0 bridgehead atoms. The van der Waals surface area contributed by atoms with Crippen LogP contribution < -0.4 is 10.5 Å². The summed E-state index contributed by atoms with van der Waals surface area (Å²) in [5.41, 5.74) is -0.253. The van der Waals surface area contributed by atoms with Gasteiger partial charge in [-0.3, -0.25) is 4.79 Å². The van der Waals surface area contributed by atoms with E-state index in [2.05, 4.69) is 5.32 Å². The number of nitrogens with one attached hydrogen (secondary N) is 1. The first kappa shape index (κ1) is 15.1. The molecule has 1 amide bonds. The molecule has 0 saturated carbocycles.